The molecule has 1 rings (SSSR count). The first kappa shape index (κ1) is 12.2. The van der Waals surface area contributed by atoms with Crippen molar-refractivity contribution in [3.63, 3.8) is 0 Å². The van der Waals surface area contributed by atoms with E-state index in [9.17, 15) is 0 Å². The SMILES string of the molecule is CCC1(C)OC(=C(Cl)CCl)C(C)(C)O1. The third-order valence-electron chi connectivity index (χ3n) is 2.34. The maximum atomic E-state index is 5.98. The van der Waals surface area contributed by atoms with Gasteiger partial charge in [0.25, 0.3) is 0 Å². The van der Waals surface area contributed by atoms with Crippen molar-refractivity contribution in [2.75, 3.05) is 5.88 Å². The van der Waals surface area contributed by atoms with Crippen molar-refractivity contribution in [2.45, 2.75) is 45.5 Å². The molecule has 1 atom stereocenters. The first-order valence-electron chi connectivity index (χ1n) is 4.69. The van der Waals surface area contributed by atoms with Crippen LogP contribution < -0.4 is 0 Å². The van der Waals surface area contributed by atoms with E-state index in [1.165, 1.54) is 0 Å². The van der Waals surface area contributed by atoms with E-state index in [0.717, 1.165) is 6.42 Å². The van der Waals surface area contributed by atoms with E-state index < -0.39 is 11.4 Å². The fraction of sp³-hybridized carbons (Fsp3) is 0.800. The Morgan fingerprint density at radius 3 is 2.29 bits per heavy atom. The van der Waals surface area contributed by atoms with Gasteiger partial charge in [-0.05, 0) is 13.8 Å². The molecule has 1 heterocycles. The molecule has 1 aliphatic rings. The molecular formula is C10H16Cl2O2. The van der Waals surface area contributed by atoms with Crippen molar-refractivity contribution >= 4 is 23.2 Å². The lowest BCUT2D eigenvalue weighted by Crippen LogP contribution is -2.29. The smallest absolute Gasteiger partial charge is 0.208 e. The van der Waals surface area contributed by atoms with Crippen LogP contribution in [0.1, 0.15) is 34.1 Å². The van der Waals surface area contributed by atoms with Crippen LogP contribution >= 0.6 is 23.2 Å². The van der Waals surface area contributed by atoms with Gasteiger partial charge < -0.3 is 9.47 Å². The van der Waals surface area contributed by atoms with Crippen molar-refractivity contribution in [1.82, 2.24) is 0 Å². The molecule has 0 radical (unpaired) electrons. The van der Waals surface area contributed by atoms with Crippen LogP contribution in [-0.2, 0) is 9.47 Å². The Hall–Kier alpha value is 0.0800. The molecule has 1 fully saturated rings. The number of alkyl halides is 1. The fourth-order valence-corrected chi connectivity index (χ4v) is 1.92. The van der Waals surface area contributed by atoms with E-state index in [0.29, 0.717) is 10.8 Å². The van der Waals surface area contributed by atoms with E-state index >= 15 is 0 Å². The van der Waals surface area contributed by atoms with Gasteiger partial charge in [0.1, 0.15) is 11.4 Å². The van der Waals surface area contributed by atoms with Crippen molar-refractivity contribution in [3.05, 3.63) is 10.8 Å². The molecule has 0 N–H and O–H groups in total. The Morgan fingerprint density at radius 1 is 1.36 bits per heavy atom. The van der Waals surface area contributed by atoms with Crippen LogP contribution in [0.25, 0.3) is 0 Å². The predicted octanol–water partition coefficient (Wildman–Crippen LogP) is 3.63. The Labute approximate surface area is 95.2 Å². The minimum atomic E-state index is -0.578. The van der Waals surface area contributed by atoms with Crippen LogP contribution in [-0.4, -0.2) is 17.3 Å². The summed E-state index contributed by atoms with van der Waals surface area (Å²) in [6, 6.07) is 0. The van der Waals surface area contributed by atoms with Gasteiger partial charge in [0.2, 0.25) is 5.79 Å². The normalized spacial score (nSPS) is 34.1. The number of ether oxygens (including phenoxy) is 2. The number of rotatable bonds is 2. The maximum Gasteiger partial charge on any atom is 0.208 e. The highest BCUT2D eigenvalue weighted by atomic mass is 35.5. The zero-order valence-corrected chi connectivity index (χ0v) is 10.5. The molecular weight excluding hydrogens is 223 g/mol. The Morgan fingerprint density at radius 2 is 1.93 bits per heavy atom. The van der Waals surface area contributed by atoms with E-state index in [4.69, 9.17) is 32.7 Å². The van der Waals surface area contributed by atoms with Gasteiger partial charge >= 0.3 is 0 Å². The summed E-state index contributed by atoms with van der Waals surface area (Å²) in [7, 11) is 0. The summed E-state index contributed by atoms with van der Waals surface area (Å²) in [4.78, 5) is 0. The average Bonchev–Trinajstić information content (AvgIpc) is 2.36. The summed E-state index contributed by atoms with van der Waals surface area (Å²) < 4.78 is 11.5. The Bertz CT molecular complexity index is 261. The molecule has 4 heteroatoms. The van der Waals surface area contributed by atoms with E-state index in [2.05, 4.69) is 0 Å². The van der Waals surface area contributed by atoms with Crippen LogP contribution in [0.4, 0.5) is 0 Å². The number of hydrogen-bond acceptors (Lipinski definition) is 2. The molecule has 14 heavy (non-hydrogen) atoms. The minimum absolute atomic E-state index is 0.253. The second-order valence-electron chi connectivity index (χ2n) is 4.07. The van der Waals surface area contributed by atoms with Gasteiger partial charge in [0, 0.05) is 13.3 Å². The van der Waals surface area contributed by atoms with Crippen LogP contribution in [0.15, 0.2) is 10.8 Å². The topological polar surface area (TPSA) is 18.5 Å². The molecule has 0 amide bonds. The minimum Gasteiger partial charge on any atom is -0.463 e. The van der Waals surface area contributed by atoms with Crippen LogP contribution in [0.3, 0.4) is 0 Å². The number of hydrogen-bond donors (Lipinski definition) is 0. The average molecular weight is 239 g/mol. The van der Waals surface area contributed by atoms with Gasteiger partial charge in [0.15, 0.2) is 0 Å². The van der Waals surface area contributed by atoms with Gasteiger partial charge in [-0.2, -0.15) is 0 Å². The van der Waals surface area contributed by atoms with Crippen molar-refractivity contribution in [1.29, 1.82) is 0 Å². The Kier molecular flexibility index (Phi) is 3.40. The molecule has 0 spiro atoms. The highest BCUT2D eigenvalue weighted by Gasteiger charge is 2.46. The van der Waals surface area contributed by atoms with Gasteiger partial charge in [-0.25, -0.2) is 0 Å². The molecule has 0 aromatic heterocycles. The highest BCUT2D eigenvalue weighted by Crippen LogP contribution is 2.42. The first-order chi connectivity index (χ1) is 6.34. The highest BCUT2D eigenvalue weighted by molar-refractivity contribution is 6.36. The van der Waals surface area contributed by atoms with Crippen LogP contribution in [0.2, 0.25) is 0 Å². The molecule has 2 nitrogen and oxygen atoms in total. The third-order valence-corrected chi connectivity index (χ3v) is 3.05. The van der Waals surface area contributed by atoms with Crippen molar-refractivity contribution in [2.24, 2.45) is 0 Å². The lowest BCUT2D eigenvalue weighted by molar-refractivity contribution is -0.166. The van der Waals surface area contributed by atoms with Crippen LogP contribution in [0, 0.1) is 0 Å². The standard InChI is InChI=1S/C10H16Cl2O2/c1-5-10(4)13-8(7(12)6-11)9(2,3)14-10/h5-6H2,1-4H3. The lowest BCUT2D eigenvalue weighted by Gasteiger charge is -2.22. The fourth-order valence-electron chi connectivity index (χ4n) is 1.53. The molecule has 1 aliphatic heterocycles. The Balaban J connectivity index is 3.01. The summed E-state index contributed by atoms with van der Waals surface area (Å²) >= 11 is 11.7. The molecule has 82 valence electrons. The maximum absolute atomic E-state index is 5.98. The molecule has 0 saturated carbocycles. The second-order valence-corrected chi connectivity index (χ2v) is 4.79. The van der Waals surface area contributed by atoms with Gasteiger partial charge in [0.05, 0.1) is 10.9 Å². The van der Waals surface area contributed by atoms with Gasteiger partial charge in [-0.3, -0.25) is 0 Å². The summed E-state index contributed by atoms with van der Waals surface area (Å²) in [6.45, 7) is 7.77. The van der Waals surface area contributed by atoms with Crippen LogP contribution in [0.5, 0.6) is 0 Å². The predicted molar refractivity (Wildman–Crippen MR) is 58.5 cm³/mol. The second kappa shape index (κ2) is 3.92. The monoisotopic (exact) mass is 238 g/mol. The molecule has 1 unspecified atom stereocenters. The summed E-state index contributed by atoms with van der Waals surface area (Å²) in [5, 5.41) is 0.522. The van der Waals surface area contributed by atoms with E-state index in [-0.39, 0.29) is 5.88 Å². The molecule has 0 bridgehead atoms. The molecule has 1 saturated heterocycles. The molecule has 0 aromatic carbocycles. The summed E-state index contributed by atoms with van der Waals surface area (Å²) in [5.41, 5.74) is -0.489. The summed E-state index contributed by atoms with van der Waals surface area (Å²) in [5.74, 6) is 0.327. The first-order valence-corrected chi connectivity index (χ1v) is 5.60. The quantitative estimate of drug-likeness (QED) is 0.685. The zero-order chi connectivity index (χ0) is 11.0. The van der Waals surface area contributed by atoms with Crippen molar-refractivity contribution in [3.8, 4) is 0 Å². The van der Waals surface area contributed by atoms with Crippen molar-refractivity contribution < 1.29 is 9.47 Å². The largest absolute Gasteiger partial charge is 0.463 e. The third kappa shape index (κ3) is 2.18. The van der Waals surface area contributed by atoms with Gasteiger partial charge in [-0.1, -0.05) is 18.5 Å². The summed E-state index contributed by atoms with van der Waals surface area (Å²) in [6.07, 6.45) is 0.770. The molecule has 0 aromatic rings. The van der Waals surface area contributed by atoms with E-state index in [1.807, 2.05) is 27.7 Å². The number of halogens is 2. The lowest BCUT2D eigenvalue weighted by atomic mass is 10.1. The van der Waals surface area contributed by atoms with E-state index in [1.54, 1.807) is 0 Å². The number of allylic oxidation sites excluding steroid dienone is 1. The zero-order valence-electron chi connectivity index (χ0n) is 8.99. The van der Waals surface area contributed by atoms with Gasteiger partial charge in [-0.15, -0.1) is 11.6 Å². The molecule has 0 aliphatic carbocycles.